The Morgan fingerprint density at radius 1 is 1.13 bits per heavy atom. The second kappa shape index (κ2) is 8.25. The Kier molecular flexibility index (Phi) is 5.95. The Morgan fingerprint density at radius 3 is 2.65 bits per heavy atom. The van der Waals surface area contributed by atoms with E-state index in [2.05, 4.69) is 37.5 Å². The van der Waals surface area contributed by atoms with Crippen LogP contribution in [0.1, 0.15) is 72.1 Å². The number of likely N-dealkylation sites (N-methyl/N-ethyl adjacent to an activating group) is 1. The highest BCUT2D eigenvalue weighted by Gasteiger charge is 2.61. The zero-order valence-corrected chi connectivity index (χ0v) is 19.6. The maximum absolute atomic E-state index is 13.1. The van der Waals surface area contributed by atoms with Crippen molar-refractivity contribution in [2.75, 3.05) is 13.6 Å². The van der Waals surface area contributed by atoms with Gasteiger partial charge in [-0.15, -0.1) is 0 Å². The maximum atomic E-state index is 13.1. The van der Waals surface area contributed by atoms with Gasteiger partial charge in [-0.2, -0.15) is 0 Å². The van der Waals surface area contributed by atoms with Gasteiger partial charge < -0.3 is 10.2 Å². The fourth-order valence-electron chi connectivity index (χ4n) is 7.79. The molecule has 1 aliphatic heterocycles. The quantitative estimate of drug-likeness (QED) is 0.666. The molecule has 0 spiro atoms. The molecule has 6 nitrogen and oxygen atoms in total. The molecule has 4 amide bonds. The first-order valence-electron chi connectivity index (χ1n) is 12.3. The lowest BCUT2D eigenvalue weighted by atomic mass is 9.47. The van der Waals surface area contributed by atoms with E-state index in [1.165, 1.54) is 0 Å². The average molecular weight is 430 g/mol. The molecule has 0 saturated heterocycles. The topological polar surface area (TPSA) is 78.5 Å². The molecule has 172 valence electrons. The summed E-state index contributed by atoms with van der Waals surface area (Å²) in [6.45, 7) is 7.32. The molecule has 4 rings (SSSR count). The summed E-state index contributed by atoms with van der Waals surface area (Å²) < 4.78 is 0. The first-order valence-corrected chi connectivity index (χ1v) is 12.3. The minimum absolute atomic E-state index is 0.0203. The SMILES string of the molecule is CCCCNC(=O)NC(=O)[C@H]1CC[C@H]2[C@@H]3CC[C@H]4N(C)C(=O)C=C[C@]4(C)[C@H]3CC[C@]12C. The van der Waals surface area contributed by atoms with Crippen LogP contribution in [-0.2, 0) is 9.59 Å². The van der Waals surface area contributed by atoms with Crippen LogP contribution in [0.5, 0.6) is 0 Å². The van der Waals surface area contributed by atoms with Crippen LogP contribution in [0.3, 0.4) is 0 Å². The number of unbranched alkanes of at least 4 members (excludes halogenated alkanes) is 1. The van der Waals surface area contributed by atoms with Gasteiger partial charge in [-0.3, -0.25) is 14.9 Å². The third-order valence-corrected chi connectivity index (χ3v) is 9.50. The van der Waals surface area contributed by atoms with Crippen LogP contribution in [0.15, 0.2) is 12.2 Å². The van der Waals surface area contributed by atoms with E-state index in [-0.39, 0.29) is 40.6 Å². The lowest BCUT2D eigenvalue weighted by Gasteiger charge is -2.60. The second-order valence-corrected chi connectivity index (χ2v) is 10.9. The Hall–Kier alpha value is -1.85. The standard InChI is InChI=1S/C25H39N3O3/c1-5-6-15-26-23(31)27-22(30)19-9-8-17-16-7-10-20-25(3,14-12-21(29)28(20)4)18(16)11-13-24(17,19)2/h12,14,16-20H,5-11,13,15H2,1-4H3,(H2,26,27,30,31)/t16-,17-,18-,19+,20+,24-,25+/m0/s1. The molecule has 0 bridgehead atoms. The van der Waals surface area contributed by atoms with Gasteiger partial charge in [-0.25, -0.2) is 4.79 Å². The third kappa shape index (κ3) is 3.60. The van der Waals surface area contributed by atoms with Crippen molar-refractivity contribution in [2.45, 2.75) is 78.2 Å². The number of nitrogens with zero attached hydrogens (tertiary/aromatic N) is 1. The molecular weight excluding hydrogens is 390 g/mol. The van der Waals surface area contributed by atoms with Crippen molar-refractivity contribution in [3.05, 3.63) is 12.2 Å². The van der Waals surface area contributed by atoms with E-state index < -0.39 is 0 Å². The zero-order valence-electron chi connectivity index (χ0n) is 19.6. The molecule has 3 saturated carbocycles. The molecule has 0 aromatic carbocycles. The maximum Gasteiger partial charge on any atom is 0.321 e. The van der Waals surface area contributed by atoms with Crippen LogP contribution in [-0.4, -0.2) is 42.4 Å². The second-order valence-electron chi connectivity index (χ2n) is 10.9. The van der Waals surface area contributed by atoms with E-state index in [9.17, 15) is 14.4 Å². The number of nitrogens with one attached hydrogen (secondary N) is 2. The summed E-state index contributed by atoms with van der Waals surface area (Å²) in [5, 5.41) is 5.43. The molecule has 4 aliphatic rings. The van der Waals surface area contributed by atoms with Gasteiger partial charge in [0.15, 0.2) is 0 Å². The summed E-state index contributed by atoms with van der Waals surface area (Å²) in [5.41, 5.74) is -0.0232. The Morgan fingerprint density at radius 2 is 1.90 bits per heavy atom. The summed E-state index contributed by atoms with van der Waals surface area (Å²) >= 11 is 0. The first-order chi connectivity index (χ1) is 14.7. The van der Waals surface area contributed by atoms with Gasteiger partial charge in [0.2, 0.25) is 11.8 Å². The molecule has 0 aromatic heterocycles. The molecule has 3 aliphatic carbocycles. The van der Waals surface area contributed by atoms with E-state index in [0.29, 0.717) is 24.3 Å². The molecule has 3 fully saturated rings. The van der Waals surface area contributed by atoms with Gasteiger partial charge >= 0.3 is 6.03 Å². The fourth-order valence-corrected chi connectivity index (χ4v) is 7.79. The highest BCUT2D eigenvalue weighted by atomic mass is 16.2. The summed E-state index contributed by atoms with van der Waals surface area (Å²) in [7, 11) is 1.95. The van der Waals surface area contributed by atoms with Gasteiger partial charge in [0.1, 0.15) is 0 Å². The van der Waals surface area contributed by atoms with E-state index in [4.69, 9.17) is 0 Å². The Labute approximate surface area is 186 Å². The normalized spacial score (nSPS) is 41.2. The van der Waals surface area contributed by atoms with Crippen LogP contribution in [0.2, 0.25) is 0 Å². The summed E-state index contributed by atoms with van der Waals surface area (Å²) in [5.74, 6) is 1.58. The number of rotatable bonds is 4. The monoisotopic (exact) mass is 429 g/mol. The number of urea groups is 1. The predicted octanol–water partition coefficient (Wildman–Crippen LogP) is 3.87. The molecular formula is C25H39N3O3. The molecule has 2 N–H and O–H groups in total. The number of carbonyl (C=O) groups excluding carboxylic acids is 3. The number of fused-ring (bicyclic) bond motifs is 5. The van der Waals surface area contributed by atoms with Crippen molar-refractivity contribution in [1.29, 1.82) is 0 Å². The van der Waals surface area contributed by atoms with Gasteiger partial charge in [0.05, 0.1) is 0 Å². The lowest BCUT2D eigenvalue weighted by molar-refractivity contribution is -0.142. The van der Waals surface area contributed by atoms with Crippen LogP contribution in [0, 0.1) is 34.5 Å². The predicted molar refractivity (Wildman–Crippen MR) is 120 cm³/mol. The summed E-state index contributed by atoms with van der Waals surface area (Å²) in [4.78, 5) is 39.4. The first kappa shape index (κ1) is 22.3. The molecule has 31 heavy (non-hydrogen) atoms. The molecule has 7 atom stereocenters. The highest BCUT2D eigenvalue weighted by molar-refractivity contribution is 5.96. The van der Waals surface area contributed by atoms with Crippen molar-refractivity contribution in [3.63, 3.8) is 0 Å². The van der Waals surface area contributed by atoms with Crippen molar-refractivity contribution in [3.8, 4) is 0 Å². The average Bonchev–Trinajstić information content (AvgIpc) is 3.08. The van der Waals surface area contributed by atoms with Crippen LogP contribution >= 0.6 is 0 Å². The van der Waals surface area contributed by atoms with Gasteiger partial charge in [0, 0.05) is 31.0 Å². The minimum atomic E-state index is -0.354. The van der Waals surface area contributed by atoms with Gasteiger partial charge in [-0.1, -0.05) is 33.3 Å². The van der Waals surface area contributed by atoms with E-state index in [0.717, 1.165) is 51.4 Å². The third-order valence-electron chi connectivity index (χ3n) is 9.50. The van der Waals surface area contributed by atoms with Gasteiger partial charge in [0.25, 0.3) is 0 Å². The summed E-state index contributed by atoms with van der Waals surface area (Å²) in [6.07, 6.45) is 12.1. The molecule has 0 radical (unpaired) electrons. The smallest absolute Gasteiger partial charge is 0.321 e. The zero-order chi connectivity index (χ0) is 22.4. The number of hydrogen-bond acceptors (Lipinski definition) is 3. The van der Waals surface area contributed by atoms with Crippen molar-refractivity contribution >= 4 is 17.8 Å². The van der Waals surface area contributed by atoms with E-state index in [1.54, 1.807) is 6.08 Å². The minimum Gasteiger partial charge on any atom is -0.338 e. The van der Waals surface area contributed by atoms with Crippen molar-refractivity contribution < 1.29 is 14.4 Å². The Balaban J connectivity index is 1.48. The molecule has 1 heterocycles. The molecule has 6 heteroatoms. The molecule has 0 unspecified atom stereocenters. The van der Waals surface area contributed by atoms with Crippen LogP contribution in [0.25, 0.3) is 0 Å². The number of imide groups is 1. The van der Waals surface area contributed by atoms with Crippen molar-refractivity contribution in [2.24, 2.45) is 34.5 Å². The fraction of sp³-hybridized carbons (Fsp3) is 0.800. The van der Waals surface area contributed by atoms with Crippen LogP contribution in [0.4, 0.5) is 4.79 Å². The number of hydrogen-bond donors (Lipinski definition) is 2. The van der Waals surface area contributed by atoms with E-state index in [1.807, 2.05) is 11.9 Å². The van der Waals surface area contributed by atoms with Gasteiger partial charge in [-0.05, 0) is 74.2 Å². The number of carbonyl (C=O) groups is 3. The number of amides is 4. The summed E-state index contributed by atoms with van der Waals surface area (Å²) in [6, 6.07) is -0.0739. The largest absolute Gasteiger partial charge is 0.338 e. The lowest BCUT2D eigenvalue weighted by Crippen LogP contribution is -2.60. The Bertz CT molecular complexity index is 780. The highest BCUT2D eigenvalue weighted by Crippen LogP contribution is 2.65. The van der Waals surface area contributed by atoms with Crippen molar-refractivity contribution in [1.82, 2.24) is 15.5 Å². The molecule has 0 aromatic rings. The van der Waals surface area contributed by atoms with E-state index >= 15 is 0 Å². The van der Waals surface area contributed by atoms with Crippen LogP contribution < -0.4 is 10.6 Å².